The lowest BCUT2D eigenvalue weighted by atomic mass is 10.00. The standard InChI is InChI=1S/C19H13BrN2S/c1-23-17-7-3-2-5-12(17)13-8-9-15(20)18-14-6-4-10-21-16(14)11-22-19(13)18/h2-11H,1H3. The number of nitrogens with zero attached hydrogens (tertiary/aromatic N) is 2. The van der Waals surface area contributed by atoms with Crippen molar-refractivity contribution in [1.29, 1.82) is 0 Å². The van der Waals surface area contributed by atoms with Gasteiger partial charge >= 0.3 is 0 Å². The van der Waals surface area contributed by atoms with Crippen molar-refractivity contribution in [3.05, 3.63) is 65.4 Å². The average Bonchev–Trinajstić information content (AvgIpc) is 2.61. The van der Waals surface area contributed by atoms with E-state index in [2.05, 4.69) is 69.6 Å². The van der Waals surface area contributed by atoms with E-state index < -0.39 is 0 Å². The number of aromatic nitrogens is 2. The van der Waals surface area contributed by atoms with E-state index in [1.807, 2.05) is 12.3 Å². The molecule has 0 spiro atoms. The number of hydrogen-bond acceptors (Lipinski definition) is 3. The van der Waals surface area contributed by atoms with Crippen LogP contribution in [0.2, 0.25) is 0 Å². The number of hydrogen-bond donors (Lipinski definition) is 0. The van der Waals surface area contributed by atoms with Gasteiger partial charge in [-0.25, -0.2) is 0 Å². The van der Waals surface area contributed by atoms with Crippen LogP contribution in [0.15, 0.2) is 70.3 Å². The van der Waals surface area contributed by atoms with Gasteiger partial charge in [0.25, 0.3) is 0 Å². The van der Waals surface area contributed by atoms with E-state index in [1.165, 1.54) is 10.5 Å². The quantitative estimate of drug-likeness (QED) is 0.318. The number of pyridine rings is 2. The van der Waals surface area contributed by atoms with Crippen molar-refractivity contribution in [2.75, 3.05) is 6.26 Å². The van der Waals surface area contributed by atoms with Gasteiger partial charge < -0.3 is 0 Å². The summed E-state index contributed by atoms with van der Waals surface area (Å²) in [6.07, 6.45) is 5.76. The maximum Gasteiger partial charge on any atom is 0.0891 e. The van der Waals surface area contributed by atoms with E-state index in [1.54, 1.807) is 18.0 Å². The second-order valence-corrected chi connectivity index (χ2v) is 6.92. The lowest BCUT2D eigenvalue weighted by Crippen LogP contribution is -1.90. The molecule has 2 aromatic carbocycles. The number of benzene rings is 2. The summed E-state index contributed by atoms with van der Waals surface area (Å²) in [7, 11) is 0. The first kappa shape index (κ1) is 14.7. The Kier molecular flexibility index (Phi) is 3.79. The third-order valence-electron chi connectivity index (χ3n) is 3.95. The lowest BCUT2D eigenvalue weighted by molar-refractivity contribution is 1.35. The summed E-state index contributed by atoms with van der Waals surface area (Å²) in [4.78, 5) is 10.4. The fraction of sp³-hybridized carbons (Fsp3) is 0.0526. The molecule has 0 fully saturated rings. The van der Waals surface area contributed by atoms with Crippen molar-refractivity contribution in [3.8, 4) is 11.1 Å². The summed E-state index contributed by atoms with van der Waals surface area (Å²) < 4.78 is 1.05. The van der Waals surface area contributed by atoms with Gasteiger partial charge in [0.05, 0.1) is 17.2 Å². The minimum absolute atomic E-state index is 0.913. The maximum absolute atomic E-state index is 4.72. The van der Waals surface area contributed by atoms with Crippen molar-refractivity contribution in [1.82, 2.24) is 9.97 Å². The molecule has 4 aromatic rings. The SMILES string of the molecule is CSc1ccccc1-c1ccc(Br)c2c1ncc1ncccc12. The van der Waals surface area contributed by atoms with E-state index in [4.69, 9.17) is 4.98 Å². The van der Waals surface area contributed by atoms with Gasteiger partial charge in [-0.3, -0.25) is 9.97 Å². The van der Waals surface area contributed by atoms with E-state index in [-0.39, 0.29) is 0 Å². The molecule has 2 heterocycles. The number of thioether (sulfide) groups is 1. The Morgan fingerprint density at radius 3 is 2.65 bits per heavy atom. The Morgan fingerprint density at radius 1 is 0.913 bits per heavy atom. The van der Waals surface area contributed by atoms with Crippen LogP contribution < -0.4 is 0 Å². The molecule has 0 aliphatic rings. The number of halogens is 1. The molecule has 23 heavy (non-hydrogen) atoms. The monoisotopic (exact) mass is 380 g/mol. The van der Waals surface area contributed by atoms with Gasteiger partial charge in [-0.2, -0.15) is 0 Å². The van der Waals surface area contributed by atoms with Crippen LogP contribution in [-0.4, -0.2) is 16.2 Å². The second-order valence-electron chi connectivity index (χ2n) is 5.21. The summed E-state index contributed by atoms with van der Waals surface area (Å²) in [6.45, 7) is 0. The summed E-state index contributed by atoms with van der Waals surface area (Å²) in [5.74, 6) is 0. The molecule has 0 atom stereocenters. The molecule has 4 rings (SSSR count). The fourth-order valence-electron chi connectivity index (χ4n) is 2.90. The van der Waals surface area contributed by atoms with Crippen molar-refractivity contribution < 1.29 is 0 Å². The molecule has 0 bridgehead atoms. The van der Waals surface area contributed by atoms with Crippen molar-refractivity contribution in [2.45, 2.75) is 4.90 Å². The van der Waals surface area contributed by atoms with Gasteiger partial charge in [-0.1, -0.05) is 46.3 Å². The highest BCUT2D eigenvalue weighted by atomic mass is 79.9. The third-order valence-corrected chi connectivity index (χ3v) is 5.40. The Labute approximate surface area is 147 Å². The third kappa shape index (κ3) is 2.42. The van der Waals surface area contributed by atoms with Crippen molar-refractivity contribution in [2.24, 2.45) is 0 Å². The highest BCUT2D eigenvalue weighted by Gasteiger charge is 2.13. The second kappa shape index (κ2) is 5.95. The van der Waals surface area contributed by atoms with E-state index in [0.29, 0.717) is 0 Å². The van der Waals surface area contributed by atoms with Crippen molar-refractivity contribution in [3.63, 3.8) is 0 Å². The first-order valence-corrected chi connectivity index (χ1v) is 9.26. The summed E-state index contributed by atoms with van der Waals surface area (Å²) in [5, 5.41) is 2.23. The Balaban J connectivity index is 2.14. The van der Waals surface area contributed by atoms with Gasteiger partial charge in [-0.05, 0) is 30.0 Å². The van der Waals surface area contributed by atoms with E-state index in [0.717, 1.165) is 31.8 Å². The molecule has 2 aromatic heterocycles. The van der Waals surface area contributed by atoms with Crippen LogP contribution in [0, 0.1) is 0 Å². The van der Waals surface area contributed by atoms with Crippen LogP contribution in [0.5, 0.6) is 0 Å². The highest BCUT2D eigenvalue weighted by molar-refractivity contribution is 9.10. The zero-order valence-electron chi connectivity index (χ0n) is 12.5. The van der Waals surface area contributed by atoms with Crippen LogP contribution in [0.25, 0.3) is 32.9 Å². The molecule has 0 aliphatic heterocycles. The van der Waals surface area contributed by atoms with Crippen LogP contribution in [0.4, 0.5) is 0 Å². The van der Waals surface area contributed by atoms with Gasteiger partial charge in [0.2, 0.25) is 0 Å². The average molecular weight is 381 g/mol. The summed E-state index contributed by atoms with van der Waals surface area (Å²) in [6, 6.07) is 16.8. The molecular weight excluding hydrogens is 368 g/mol. The smallest absolute Gasteiger partial charge is 0.0891 e. The van der Waals surface area contributed by atoms with Crippen LogP contribution >= 0.6 is 27.7 Å². The first-order valence-electron chi connectivity index (χ1n) is 7.25. The molecule has 0 saturated carbocycles. The van der Waals surface area contributed by atoms with Gasteiger partial charge in [0.1, 0.15) is 0 Å². The lowest BCUT2D eigenvalue weighted by Gasteiger charge is -2.12. The van der Waals surface area contributed by atoms with Crippen molar-refractivity contribution >= 4 is 49.5 Å². The van der Waals surface area contributed by atoms with Crippen LogP contribution in [0.1, 0.15) is 0 Å². The molecule has 0 saturated heterocycles. The topological polar surface area (TPSA) is 25.8 Å². The van der Waals surface area contributed by atoms with E-state index >= 15 is 0 Å². The van der Waals surface area contributed by atoms with Gasteiger partial charge in [-0.15, -0.1) is 11.8 Å². The Bertz CT molecular complexity index is 1030. The minimum atomic E-state index is 0.913. The zero-order valence-corrected chi connectivity index (χ0v) is 14.9. The predicted molar refractivity (Wildman–Crippen MR) is 102 cm³/mol. The molecule has 0 unspecified atom stereocenters. The molecule has 0 radical (unpaired) electrons. The molecule has 0 amide bonds. The van der Waals surface area contributed by atoms with Gasteiger partial charge in [0.15, 0.2) is 0 Å². The number of rotatable bonds is 2. The molecule has 0 aliphatic carbocycles. The Morgan fingerprint density at radius 2 is 1.78 bits per heavy atom. The fourth-order valence-corrected chi connectivity index (χ4v) is 4.04. The number of fused-ring (bicyclic) bond motifs is 3. The summed E-state index contributed by atoms with van der Waals surface area (Å²) >= 11 is 5.44. The van der Waals surface area contributed by atoms with Crippen LogP contribution in [0.3, 0.4) is 0 Å². The highest BCUT2D eigenvalue weighted by Crippen LogP contribution is 2.38. The molecular formula is C19H13BrN2S. The normalized spacial score (nSPS) is 11.2. The minimum Gasteiger partial charge on any atom is -0.255 e. The zero-order chi connectivity index (χ0) is 15.8. The first-order chi connectivity index (χ1) is 11.3. The largest absolute Gasteiger partial charge is 0.255 e. The maximum atomic E-state index is 4.72. The summed E-state index contributed by atoms with van der Waals surface area (Å²) in [5.41, 5.74) is 4.28. The predicted octanol–water partition coefficient (Wildman–Crippen LogP) is 5.93. The molecule has 4 heteroatoms. The van der Waals surface area contributed by atoms with E-state index in [9.17, 15) is 0 Å². The van der Waals surface area contributed by atoms with Crippen LogP contribution in [-0.2, 0) is 0 Å². The molecule has 0 N–H and O–H groups in total. The molecule has 2 nitrogen and oxygen atoms in total. The Hall–Kier alpha value is -1.91. The van der Waals surface area contributed by atoms with Gasteiger partial charge in [0, 0.05) is 31.9 Å². The molecule has 112 valence electrons.